The summed E-state index contributed by atoms with van der Waals surface area (Å²) in [5.41, 5.74) is 1.63. The molecule has 1 saturated carbocycles. The molecule has 2 saturated heterocycles. The van der Waals surface area contributed by atoms with Gasteiger partial charge in [-0.3, -0.25) is 19.8 Å². The summed E-state index contributed by atoms with van der Waals surface area (Å²) in [6.07, 6.45) is 4.78. The Labute approximate surface area is 178 Å². The Bertz CT molecular complexity index is 816. The van der Waals surface area contributed by atoms with Crippen molar-refractivity contribution in [3.8, 4) is 0 Å². The maximum absolute atomic E-state index is 12.8. The van der Waals surface area contributed by atoms with E-state index in [1.54, 1.807) is 0 Å². The van der Waals surface area contributed by atoms with Crippen molar-refractivity contribution < 1.29 is 14.4 Å². The largest absolute Gasteiger partial charge is 0.352 e. The minimum absolute atomic E-state index is 0.0379. The lowest BCUT2D eigenvalue weighted by Crippen LogP contribution is -2.50. The van der Waals surface area contributed by atoms with Gasteiger partial charge in [-0.2, -0.15) is 0 Å². The van der Waals surface area contributed by atoms with Crippen molar-refractivity contribution in [1.29, 1.82) is 0 Å². The van der Waals surface area contributed by atoms with Gasteiger partial charge in [0.05, 0.1) is 0 Å². The highest BCUT2D eigenvalue weighted by atomic mass is 16.2. The number of carbonyl (C=O) groups is 3. The third kappa shape index (κ3) is 4.51. The van der Waals surface area contributed by atoms with E-state index in [1.807, 2.05) is 6.07 Å². The van der Waals surface area contributed by atoms with Crippen LogP contribution >= 0.6 is 0 Å². The number of hydrogen-bond donors (Lipinski definition) is 3. The van der Waals surface area contributed by atoms with Crippen molar-refractivity contribution in [3.63, 3.8) is 0 Å². The van der Waals surface area contributed by atoms with Gasteiger partial charge in [-0.05, 0) is 62.1 Å². The summed E-state index contributed by atoms with van der Waals surface area (Å²) in [6.45, 7) is 6.04. The molecule has 30 heavy (non-hydrogen) atoms. The minimum atomic E-state index is -0.813. The number of rotatable bonds is 5. The fourth-order valence-electron chi connectivity index (χ4n) is 5.14. The van der Waals surface area contributed by atoms with Gasteiger partial charge >= 0.3 is 6.03 Å². The van der Waals surface area contributed by atoms with Gasteiger partial charge in [-0.1, -0.05) is 31.2 Å². The Morgan fingerprint density at radius 3 is 2.57 bits per heavy atom. The van der Waals surface area contributed by atoms with Crippen LogP contribution in [-0.4, -0.2) is 41.4 Å². The average Bonchev–Trinajstić information content (AvgIpc) is 3.00. The first-order chi connectivity index (χ1) is 14.4. The van der Waals surface area contributed by atoms with Crippen LogP contribution in [0.2, 0.25) is 0 Å². The summed E-state index contributed by atoms with van der Waals surface area (Å²) >= 11 is 0. The number of piperidine rings is 1. The number of nitrogens with zero attached hydrogens (tertiary/aromatic N) is 1. The molecule has 3 fully saturated rings. The first kappa shape index (κ1) is 20.8. The molecule has 1 aliphatic carbocycles. The average molecular weight is 413 g/mol. The lowest BCUT2D eigenvalue weighted by Gasteiger charge is -2.34. The van der Waals surface area contributed by atoms with E-state index in [9.17, 15) is 14.4 Å². The van der Waals surface area contributed by atoms with Gasteiger partial charge < -0.3 is 10.6 Å². The van der Waals surface area contributed by atoms with E-state index in [0.717, 1.165) is 25.6 Å². The lowest BCUT2D eigenvalue weighted by molar-refractivity contribution is -0.130. The van der Waals surface area contributed by atoms with E-state index in [4.69, 9.17) is 0 Å². The molecule has 0 bridgehead atoms. The summed E-state index contributed by atoms with van der Waals surface area (Å²) in [7, 11) is 0. The Balaban J connectivity index is 1.30. The molecule has 2 heterocycles. The van der Waals surface area contributed by atoms with Gasteiger partial charge in [0.1, 0.15) is 5.54 Å². The molecular formula is C23H32N4O3. The van der Waals surface area contributed by atoms with Crippen LogP contribution in [0.25, 0.3) is 0 Å². The van der Waals surface area contributed by atoms with Crippen LogP contribution in [0.1, 0.15) is 56.6 Å². The van der Waals surface area contributed by atoms with E-state index in [-0.39, 0.29) is 17.7 Å². The zero-order valence-corrected chi connectivity index (χ0v) is 17.7. The third-order valence-corrected chi connectivity index (χ3v) is 6.93. The molecule has 3 N–H and O–H groups in total. The quantitative estimate of drug-likeness (QED) is 0.648. The molecule has 7 nitrogen and oxygen atoms in total. The number of likely N-dealkylation sites (tertiary alicyclic amines) is 1. The molecule has 0 radical (unpaired) electrons. The SMILES string of the molecule is CC1CCCN(Cc2ccccc2CNC(=O)C2CCC3(CC2)NC(=O)NC3=O)C1. The number of hydrogen-bond acceptors (Lipinski definition) is 4. The number of carbonyl (C=O) groups excluding carboxylic acids is 3. The number of nitrogens with one attached hydrogen (secondary N) is 3. The molecule has 2 aliphatic heterocycles. The van der Waals surface area contributed by atoms with Crippen molar-refractivity contribution in [2.75, 3.05) is 13.1 Å². The number of imide groups is 1. The number of benzene rings is 1. The molecule has 7 heteroatoms. The monoisotopic (exact) mass is 412 g/mol. The maximum atomic E-state index is 12.8. The van der Waals surface area contributed by atoms with Crippen LogP contribution in [0, 0.1) is 11.8 Å². The summed E-state index contributed by atoms with van der Waals surface area (Å²) in [5, 5.41) is 8.18. The molecule has 1 unspecified atom stereocenters. The van der Waals surface area contributed by atoms with E-state index in [2.05, 4.69) is 46.0 Å². The topological polar surface area (TPSA) is 90.5 Å². The number of urea groups is 1. The second-order valence-electron chi connectivity index (χ2n) is 9.23. The molecular weight excluding hydrogens is 380 g/mol. The normalized spacial score (nSPS) is 29.5. The zero-order chi connectivity index (χ0) is 21.1. The highest BCUT2D eigenvalue weighted by molar-refractivity contribution is 6.07. The van der Waals surface area contributed by atoms with Crippen molar-refractivity contribution in [2.24, 2.45) is 11.8 Å². The van der Waals surface area contributed by atoms with E-state index >= 15 is 0 Å². The predicted molar refractivity (Wildman–Crippen MR) is 113 cm³/mol. The molecule has 4 rings (SSSR count). The van der Waals surface area contributed by atoms with Gasteiger partial charge in [0, 0.05) is 25.6 Å². The van der Waals surface area contributed by atoms with Crippen LogP contribution < -0.4 is 16.0 Å². The predicted octanol–water partition coefficient (Wildman–Crippen LogP) is 2.30. The molecule has 4 amide bonds. The fraction of sp³-hybridized carbons (Fsp3) is 0.609. The lowest BCUT2D eigenvalue weighted by atomic mass is 9.76. The van der Waals surface area contributed by atoms with Crippen molar-refractivity contribution >= 4 is 17.8 Å². The summed E-state index contributed by atoms with van der Waals surface area (Å²) in [5.74, 6) is 0.409. The van der Waals surface area contributed by atoms with Crippen LogP contribution in [-0.2, 0) is 22.7 Å². The van der Waals surface area contributed by atoms with Crippen molar-refractivity contribution in [3.05, 3.63) is 35.4 Å². The Morgan fingerprint density at radius 2 is 1.90 bits per heavy atom. The summed E-state index contributed by atoms with van der Waals surface area (Å²) in [6, 6.07) is 7.91. The van der Waals surface area contributed by atoms with Crippen LogP contribution in [0.4, 0.5) is 4.79 Å². The Hall–Kier alpha value is -2.41. The molecule has 1 spiro atoms. The zero-order valence-electron chi connectivity index (χ0n) is 17.7. The summed E-state index contributed by atoms with van der Waals surface area (Å²) in [4.78, 5) is 38.8. The molecule has 1 atom stereocenters. The molecule has 1 aromatic rings. The first-order valence-electron chi connectivity index (χ1n) is 11.2. The Kier molecular flexibility index (Phi) is 6.09. The Morgan fingerprint density at radius 1 is 1.17 bits per heavy atom. The van der Waals surface area contributed by atoms with E-state index in [0.29, 0.717) is 32.2 Å². The smallest absolute Gasteiger partial charge is 0.322 e. The van der Waals surface area contributed by atoms with Crippen LogP contribution in [0.15, 0.2) is 24.3 Å². The van der Waals surface area contributed by atoms with Crippen molar-refractivity contribution in [1.82, 2.24) is 20.9 Å². The van der Waals surface area contributed by atoms with Gasteiger partial charge in [0.15, 0.2) is 0 Å². The van der Waals surface area contributed by atoms with Crippen LogP contribution in [0.5, 0.6) is 0 Å². The highest BCUT2D eigenvalue weighted by Crippen LogP contribution is 2.34. The highest BCUT2D eigenvalue weighted by Gasteiger charge is 2.48. The van der Waals surface area contributed by atoms with Crippen LogP contribution in [0.3, 0.4) is 0 Å². The second-order valence-corrected chi connectivity index (χ2v) is 9.23. The third-order valence-electron chi connectivity index (χ3n) is 6.93. The fourth-order valence-corrected chi connectivity index (χ4v) is 5.14. The molecule has 3 aliphatic rings. The van der Waals surface area contributed by atoms with Gasteiger partial charge in [0.2, 0.25) is 5.91 Å². The first-order valence-corrected chi connectivity index (χ1v) is 11.2. The maximum Gasteiger partial charge on any atom is 0.322 e. The van der Waals surface area contributed by atoms with Gasteiger partial charge in [-0.15, -0.1) is 0 Å². The number of amides is 4. The van der Waals surface area contributed by atoms with Gasteiger partial charge in [-0.25, -0.2) is 4.79 Å². The van der Waals surface area contributed by atoms with E-state index in [1.165, 1.54) is 24.0 Å². The van der Waals surface area contributed by atoms with E-state index < -0.39 is 11.6 Å². The standard InChI is InChI=1S/C23H32N4O3/c1-16-5-4-12-27(14-16)15-19-7-3-2-6-18(19)13-24-20(28)17-8-10-23(11-9-17)21(29)25-22(30)26-23/h2-3,6-7,16-17H,4-5,8-15H2,1H3,(H,24,28)(H2,25,26,29,30). The molecule has 0 aromatic heterocycles. The molecule has 162 valence electrons. The van der Waals surface area contributed by atoms with Gasteiger partial charge in [0.25, 0.3) is 5.91 Å². The molecule has 1 aromatic carbocycles. The summed E-state index contributed by atoms with van der Waals surface area (Å²) < 4.78 is 0. The van der Waals surface area contributed by atoms with Crippen molar-refractivity contribution in [2.45, 2.75) is 64.1 Å². The minimum Gasteiger partial charge on any atom is -0.352 e. The second kappa shape index (κ2) is 8.76.